The van der Waals surface area contributed by atoms with Crippen molar-refractivity contribution in [2.24, 2.45) is 7.05 Å². The van der Waals surface area contributed by atoms with E-state index in [4.69, 9.17) is 16.7 Å². The maximum Gasteiger partial charge on any atom is 0.356 e. The summed E-state index contributed by atoms with van der Waals surface area (Å²) < 4.78 is 1.81. The predicted molar refractivity (Wildman–Crippen MR) is 76.2 cm³/mol. The van der Waals surface area contributed by atoms with Gasteiger partial charge in [-0.15, -0.1) is 0 Å². The van der Waals surface area contributed by atoms with Gasteiger partial charge in [-0.2, -0.15) is 5.10 Å². The van der Waals surface area contributed by atoms with E-state index in [-0.39, 0.29) is 10.7 Å². The number of carboxylic acid groups (broad SMARTS) is 1. The Balaban J connectivity index is 2.19. The lowest BCUT2D eigenvalue weighted by atomic mass is 10.2. The molecule has 0 saturated heterocycles. The molecule has 0 unspecified atom stereocenters. The minimum atomic E-state index is -1.15. The second kappa shape index (κ2) is 5.50. The summed E-state index contributed by atoms with van der Waals surface area (Å²) in [6, 6.07) is 3.17. The zero-order valence-electron chi connectivity index (χ0n) is 11.4. The highest BCUT2D eigenvalue weighted by atomic mass is 35.5. The average Bonchev–Trinajstić information content (AvgIpc) is 2.62. The molecule has 0 aromatic carbocycles. The van der Waals surface area contributed by atoms with E-state index >= 15 is 0 Å². The zero-order valence-corrected chi connectivity index (χ0v) is 12.2. The topological polar surface area (TPSA) is 80.0 Å². The lowest BCUT2D eigenvalue weighted by molar-refractivity contribution is 0.0691. The first-order valence-corrected chi connectivity index (χ1v) is 6.40. The molecule has 0 radical (unpaired) electrons. The second-order valence-electron chi connectivity index (χ2n) is 4.46. The summed E-state index contributed by atoms with van der Waals surface area (Å²) in [5.74, 6) is -0.679. The average molecular weight is 295 g/mol. The molecular formula is C13H15ClN4O2. The van der Waals surface area contributed by atoms with Gasteiger partial charge in [-0.1, -0.05) is 11.6 Å². The number of hydrogen-bond acceptors (Lipinski definition) is 4. The van der Waals surface area contributed by atoms with Crippen molar-refractivity contribution in [3.8, 4) is 0 Å². The molecule has 0 bridgehead atoms. The number of aromatic carboxylic acids is 1. The van der Waals surface area contributed by atoms with E-state index in [2.05, 4.69) is 15.4 Å². The Morgan fingerprint density at radius 1 is 1.45 bits per heavy atom. The molecule has 0 saturated carbocycles. The molecule has 2 aromatic rings. The maximum atomic E-state index is 11.0. The first kappa shape index (κ1) is 14.3. The smallest absolute Gasteiger partial charge is 0.356 e. The fourth-order valence-electron chi connectivity index (χ4n) is 1.94. The Kier molecular flexibility index (Phi) is 3.94. The maximum absolute atomic E-state index is 11.0. The molecule has 7 heteroatoms. The molecule has 20 heavy (non-hydrogen) atoms. The third-order valence-electron chi connectivity index (χ3n) is 3.15. The van der Waals surface area contributed by atoms with Gasteiger partial charge in [0.05, 0.1) is 10.7 Å². The Morgan fingerprint density at radius 2 is 2.15 bits per heavy atom. The van der Waals surface area contributed by atoms with Gasteiger partial charge in [0.1, 0.15) is 5.82 Å². The predicted octanol–water partition coefficient (Wildman–Crippen LogP) is 2.40. The highest BCUT2D eigenvalue weighted by Crippen LogP contribution is 2.18. The van der Waals surface area contributed by atoms with Crippen LogP contribution >= 0.6 is 11.6 Å². The lowest BCUT2D eigenvalue weighted by Gasteiger charge is -2.07. The Morgan fingerprint density at radius 3 is 2.70 bits per heavy atom. The third-order valence-corrected chi connectivity index (χ3v) is 3.46. The molecule has 0 atom stereocenters. The van der Waals surface area contributed by atoms with Crippen molar-refractivity contribution in [2.75, 3.05) is 5.32 Å². The van der Waals surface area contributed by atoms with Gasteiger partial charge in [-0.25, -0.2) is 9.78 Å². The Bertz CT molecular complexity index is 667. The largest absolute Gasteiger partial charge is 0.476 e. The second-order valence-corrected chi connectivity index (χ2v) is 4.87. The Hall–Kier alpha value is -2.08. The van der Waals surface area contributed by atoms with Crippen LogP contribution in [0.3, 0.4) is 0 Å². The summed E-state index contributed by atoms with van der Waals surface area (Å²) in [6.07, 6.45) is 0. The first-order valence-electron chi connectivity index (χ1n) is 6.03. The number of rotatable bonds is 4. The molecule has 2 N–H and O–H groups in total. The SMILES string of the molecule is Cc1nn(C)c(C)c1CNc1ccc(Cl)c(C(=O)O)n1. The summed E-state index contributed by atoms with van der Waals surface area (Å²) in [5.41, 5.74) is 2.91. The van der Waals surface area contributed by atoms with Gasteiger partial charge in [-0.3, -0.25) is 4.68 Å². The minimum Gasteiger partial charge on any atom is -0.476 e. The fraction of sp³-hybridized carbons (Fsp3) is 0.308. The number of nitrogens with zero attached hydrogens (tertiary/aromatic N) is 3. The summed E-state index contributed by atoms with van der Waals surface area (Å²) >= 11 is 5.78. The minimum absolute atomic E-state index is 0.122. The first-order chi connectivity index (χ1) is 9.40. The van der Waals surface area contributed by atoms with Gasteiger partial charge >= 0.3 is 5.97 Å². The number of aryl methyl sites for hydroxylation is 2. The van der Waals surface area contributed by atoms with E-state index in [1.54, 1.807) is 6.07 Å². The number of carbonyl (C=O) groups is 1. The van der Waals surface area contributed by atoms with Gasteiger partial charge in [0.25, 0.3) is 0 Å². The third kappa shape index (κ3) is 2.75. The van der Waals surface area contributed by atoms with E-state index in [9.17, 15) is 4.79 Å². The van der Waals surface area contributed by atoms with Gasteiger partial charge in [-0.05, 0) is 26.0 Å². The number of carboxylic acids is 1. The number of nitrogens with one attached hydrogen (secondary N) is 1. The lowest BCUT2D eigenvalue weighted by Crippen LogP contribution is -2.07. The molecular weight excluding hydrogens is 280 g/mol. The van der Waals surface area contributed by atoms with E-state index in [1.165, 1.54) is 6.07 Å². The van der Waals surface area contributed by atoms with E-state index in [1.807, 2.05) is 25.6 Å². The summed E-state index contributed by atoms with van der Waals surface area (Å²) in [4.78, 5) is 15.0. The highest BCUT2D eigenvalue weighted by Gasteiger charge is 2.13. The van der Waals surface area contributed by atoms with E-state index in [0.717, 1.165) is 17.0 Å². The molecule has 0 spiro atoms. The number of anilines is 1. The van der Waals surface area contributed by atoms with Gasteiger partial charge in [0.15, 0.2) is 5.69 Å². The molecule has 0 amide bonds. The number of pyridine rings is 1. The molecule has 0 aliphatic carbocycles. The van der Waals surface area contributed by atoms with Crippen LogP contribution in [0.5, 0.6) is 0 Å². The van der Waals surface area contributed by atoms with Gasteiger partial charge < -0.3 is 10.4 Å². The standard InChI is InChI=1S/C13H15ClN4O2/c1-7-9(8(2)18(3)17-7)6-15-11-5-4-10(14)12(16-11)13(19)20/h4-5H,6H2,1-3H3,(H,15,16)(H,19,20). The van der Waals surface area contributed by atoms with Crippen molar-refractivity contribution in [3.05, 3.63) is 39.8 Å². The van der Waals surface area contributed by atoms with Crippen LogP contribution in [0, 0.1) is 13.8 Å². The van der Waals surface area contributed by atoms with Crippen LogP contribution in [0.25, 0.3) is 0 Å². The normalized spacial score (nSPS) is 10.6. The summed E-state index contributed by atoms with van der Waals surface area (Å²) in [6.45, 7) is 4.44. The van der Waals surface area contributed by atoms with Crippen LogP contribution in [-0.4, -0.2) is 25.8 Å². The molecule has 2 rings (SSSR count). The van der Waals surface area contributed by atoms with E-state index in [0.29, 0.717) is 12.4 Å². The van der Waals surface area contributed by atoms with Gasteiger partial charge in [0, 0.05) is 24.8 Å². The van der Waals surface area contributed by atoms with Crippen molar-refractivity contribution >= 4 is 23.4 Å². The van der Waals surface area contributed by atoms with Crippen molar-refractivity contribution in [2.45, 2.75) is 20.4 Å². The van der Waals surface area contributed by atoms with Gasteiger partial charge in [0.2, 0.25) is 0 Å². The number of halogens is 1. The molecule has 106 valence electrons. The fourth-order valence-corrected chi connectivity index (χ4v) is 2.13. The van der Waals surface area contributed by atoms with Crippen LogP contribution in [-0.2, 0) is 13.6 Å². The summed E-state index contributed by atoms with van der Waals surface area (Å²) in [5, 5.41) is 16.5. The van der Waals surface area contributed by atoms with Crippen molar-refractivity contribution in [3.63, 3.8) is 0 Å². The molecule has 2 aromatic heterocycles. The van der Waals surface area contributed by atoms with Crippen molar-refractivity contribution < 1.29 is 9.90 Å². The monoisotopic (exact) mass is 294 g/mol. The number of aromatic nitrogens is 3. The molecule has 0 aliphatic rings. The molecule has 0 fully saturated rings. The molecule has 6 nitrogen and oxygen atoms in total. The number of hydrogen-bond donors (Lipinski definition) is 2. The van der Waals surface area contributed by atoms with Crippen molar-refractivity contribution in [1.29, 1.82) is 0 Å². The van der Waals surface area contributed by atoms with E-state index < -0.39 is 5.97 Å². The van der Waals surface area contributed by atoms with Crippen LogP contribution in [0.1, 0.15) is 27.4 Å². The Labute approximate surface area is 121 Å². The molecule has 2 heterocycles. The quantitative estimate of drug-likeness (QED) is 0.905. The highest BCUT2D eigenvalue weighted by molar-refractivity contribution is 6.33. The summed E-state index contributed by atoms with van der Waals surface area (Å²) in [7, 11) is 1.88. The van der Waals surface area contributed by atoms with Crippen LogP contribution in [0.2, 0.25) is 5.02 Å². The van der Waals surface area contributed by atoms with Crippen LogP contribution < -0.4 is 5.32 Å². The zero-order chi connectivity index (χ0) is 14.9. The van der Waals surface area contributed by atoms with Crippen LogP contribution in [0.4, 0.5) is 5.82 Å². The van der Waals surface area contributed by atoms with Crippen LogP contribution in [0.15, 0.2) is 12.1 Å². The molecule has 0 aliphatic heterocycles. The van der Waals surface area contributed by atoms with Crippen molar-refractivity contribution in [1.82, 2.24) is 14.8 Å².